The van der Waals surface area contributed by atoms with Gasteiger partial charge in [-0.1, -0.05) is 35.5 Å². The molecule has 21 heavy (non-hydrogen) atoms. The van der Waals surface area contributed by atoms with Gasteiger partial charge in [0.25, 0.3) is 0 Å². The molecule has 5 nitrogen and oxygen atoms in total. The van der Waals surface area contributed by atoms with E-state index in [1.165, 1.54) is 16.9 Å². The molecule has 1 fully saturated rings. The topological polar surface area (TPSA) is 74.6 Å². The van der Waals surface area contributed by atoms with Crippen molar-refractivity contribution in [3.63, 3.8) is 0 Å². The molecule has 0 saturated heterocycles. The fourth-order valence-electron chi connectivity index (χ4n) is 2.30. The summed E-state index contributed by atoms with van der Waals surface area (Å²) in [6, 6.07) is 10.1. The Balaban J connectivity index is 1.62. The second-order valence-corrected chi connectivity index (χ2v) is 5.93. The summed E-state index contributed by atoms with van der Waals surface area (Å²) in [4.78, 5) is 16.4. The molecule has 2 unspecified atom stereocenters. The van der Waals surface area contributed by atoms with Gasteiger partial charge in [-0.15, -0.1) is 11.3 Å². The Morgan fingerprint density at radius 1 is 1.43 bits per heavy atom. The van der Waals surface area contributed by atoms with Crippen LogP contribution in [0.5, 0.6) is 0 Å². The van der Waals surface area contributed by atoms with E-state index in [0.29, 0.717) is 22.5 Å². The van der Waals surface area contributed by atoms with Crippen LogP contribution in [0.4, 0.5) is 5.13 Å². The number of carbonyl (C=O) groups is 1. The lowest BCUT2D eigenvalue weighted by molar-refractivity contribution is -0.117. The van der Waals surface area contributed by atoms with E-state index in [1.54, 1.807) is 12.3 Å². The van der Waals surface area contributed by atoms with Crippen molar-refractivity contribution < 1.29 is 10.0 Å². The maximum Gasteiger partial charge on any atom is 0.229 e. The van der Waals surface area contributed by atoms with Gasteiger partial charge in [0.15, 0.2) is 5.13 Å². The van der Waals surface area contributed by atoms with Gasteiger partial charge in [-0.3, -0.25) is 4.79 Å². The predicted molar refractivity (Wildman–Crippen MR) is 82.0 cm³/mol. The zero-order valence-corrected chi connectivity index (χ0v) is 12.3. The number of oxime groups is 1. The number of thiazole rings is 1. The number of carbonyl (C=O) groups excluding carboxylic acids is 1. The molecule has 108 valence electrons. The number of hydrogen-bond acceptors (Lipinski definition) is 5. The largest absolute Gasteiger partial charge is 0.411 e. The highest BCUT2D eigenvalue weighted by atomic mass is 32.1. The van der Waals surface area contributed by atoms with E-state index in [0.717, 1.165) is 6.42 Å². The average molecular weight is 301 g/mol. The number of nitrogens with one attached hydrogen (secondary N) is 1. The van der Waals surface area contributed by atoms with Crippen molar-refractivity contribution in [2.75, 3.05) is 5.32 Å². The van der Waals surface area contributed by atoms with Crippen LogP contribution in [0.2, 0.25) is 0 Å². The third-order valence-electron chi connectivity index (χ3n) is 3.61. The van der Waals surface area contributed by atoms with Gasteiger partial charge in [-0.05, 0) is 24.8 Å². The Morgan fingerprint density at radius 2 is 2.19 bits per heavy atom. The summed E-state index contributed by atoms with van der Waals surface area (Å²) in [7, 11) is 0. The quantitative estimate of drug-likeness (QED) is 0.518. The highest BCUT2D eigenvalue weighted by Gasteiger charge is 2.44. The van der Waals surface area contributed by atoms with E-state index in [-0.39, 0.29) is 11.8 Å². The molecular formula is C15H15N3O2S. The number of amides is 1. The van der Waals surface area contributed by atoms with Gasteiger partial charge in [-0.25, -0.2) is 4.98 Å². The number of nitrogens with zero attached hydrogens (tertiary/aromatic N) is 2. The van der Waals surface area contributed by atoms with E-state index in [2.05, 4.69) is 27.6 Å². The molecule has 1 aliphatic rings. The first kappa shape index (κ1) is 13.8. The monoisotopic (exact) mass is 301 g/mol. The molecule has 1 heterocycles. The molecule has 2 atom stereocenters. The summed E-state index contributed by atoms with van der Waals surface area (Å²) in [6.45, 7) is 1.66. The fourth-order valence-corrected chi connectivity index (χ4v) is 3.06. The summed E-state index contributed by atoms with van der Waals surface area (Å²) in [5.74, 6) is 0.335. The maximum absolute atomic E-state index is 12.2. The molecule has 6 heteroatoms. The van der Waals surface area contributed by atoms with Crippen LogP contribution >= 0.6 is 11.3 Å². The minimum atomic E-state index is 0.00310. The molecule has 1 amide bonds. The Morgan fingerprint density at radius 3 is 2.90 bits per heavy atom. The molecule has 2 N–H and O–H groups in total. The number of hydrogen-bond donors (Lipinski definition) is 2. The maximum atomic E-state index is 12.2. The number of anilines is 1. The smallest absolute Gasteiger partial charge is 0.229 e. The van der Waals surface area contributed by atoms with Crippen LogP contribution in [0.25, 0.3) is 0 Å². The molecule has 3 rings (SSSR count). The third kappa shape index (κ3) is 2.95. The number of aromatic nitrogens is 1. The van der Waals surface area contributed by atoms with Gasteiger partial charge in [0.1, 0.15) is 11.4 Å². The molecule has 0 radical (unpaired) electrons. The van der Waals surface area contributed by atoms with Crippen molar-refractivity contribution in [3.05, 3.63) is 47.0 Å². The Hall–Kier alpha value is -2.21. The number of rotatable bonds is 4. The van der Waals surface area contributed by atoms with E-state index in [4.69, 9.17) is 5.21 Å². The standard InChI is InChI=1S/C15H15N3O2S/c1-9(18-20)13-8-21-15(16-13)17-14(19)12-7-11(12)10-5-3-2-4-6-10/h2-6,8,11-12,20H,7H2,1H3,(H,16,17,19)/b18-9-. The zero-order chi connectivity index (χ0) is 14.8. The van der Waals surface area contributed by atoms with Crippen LogP contribution in [0.3, 0.4) is 0 Å². The Bertz CT molecular complexity index is 681. The molecule has 1 aliphatic carbocycles. The second-order valence-electron chi connectivity index (χ2n) is 5.07. The summed E-state index contributed by atoms with van der Waals surface area (Å²) in [5, 5.41) is 16.9. The minimum Gasteiger partial charge on any atom is -0.411 e. The first-order chi connectivity index (χ1) is 10.2. The van der Waals surface area contributed by atoms with E-state index >= 15 is 0 Å². The van der Waals surface area contributed by atoms with Crippen LogP contribution < -0.4 is 5.32 Å². The van der Waals surface area contributed by atoms with E-state index in [1.807, 2.05) is 18.2 Å². The van der Waals surface area contributed by atoms with Gasteiger partial charge in [0, 0.05) is 11.3 Å². The van der Waals surface area contributed by atoms with Crippen molar-refractivity contribution >= 4 is 28.1 Å². The van der Waals surface area contributed by atoms with E-state index in [9.17, 15) is 4.79 Å². The fraction of sp³-hybridized carbons (Fsp3) is 0.267. The first-order valence-corrected chi connectivity index (χ1v) is 7.57. The van der Waals surface area contributed by atoms with Gasteiger partial charge in [0.05, 0.1) is 0 Å². The lowest BCUT2D eigenvalue weighted by Gasteiger charge is -2.01. The van der Waals surface area contributed by atoms with Gasteiger partial charge in [-0.2, -0.15) is 0 Å². The molecular weight excluding hydrogens is 286 g/mol. The molecule has 1 aromatic carbocycles. The lowest BCUT2D eigenvalue weighted by atomic mass is 10.1. The van der Waals surface area contributed by atoms with Crippen molar-refractivity contribution in [1.82, 2.24) is 4.98 Å². The molecule has 1 saturated carbocycles. The van der Waals surface area contributed by atoms with Crippen LogP contribution in [-0.2, 0) is 4.79 Å². The van der Waals surface area contributed by atoms with Crippen molar-refractivity contribution in [2.45, 2.75) is 19.3 Å². The highest BCUT2D eigenvalue weighted by Crippen LogP contribution is 2.47. The number of benzene rings is 1. The van der Waals surface area contributed by atoms with E-state index < -0.39 is 0 Å². The van der Waals surface area contributed by atoms with Crippen LogP contribution in [0.15, 0.2) is 40.9 Å². The van der Waals surface area contributed by atoms with Crippen LogP contribution in [0.1, 0.15) is 30.5 Å². The first-order valence-electron chi connectivity index (χ1n) is 6.69. The summed E-state index contributed by atoms with van der Waals surface area (Å²) in [6.07, 6.45) is 0.880. The zero-order valence-electron chi connectivity index (χ0n) is 11.5. The van der Waals surface area contributed by atoms with Crippen molar-refractivity contribution in [2.24, 2.45) is 11.1 Å². The van der Waals surface area contributed by atoms with Crippen molar-refractivity contribution in [1.29, 1.82) is 0 Å². The Kier molecular flexibility index (Phi) is 3.70. The molecule has 0 spiro atoms. The summed E-state index contributed by atoms with van der Waals surface area (Å²) in [5.41, 5.74) is 2.22. The molecule has 1 aromatic heterocycles. The normalized spacial score (nSPS) is 21.1. The summed E-state index contributed by atoms with van der Waals surface area (Å²) >= 11 is 1.33. The minimum absolute atomic E-state index is 0.00310. The SMILES string of the molecule is C/C(=N/O)c1csc(NC(=O)C2CC2c2ccccc2)n1. The second kappa shape index (κ2) is 5.65. The van der Waals surface area contributed by atoms with Gasteiger partial charge < -0.3 is 10.5 Å². The third-order valence-corrected chi connectivity index (χ3v) is 4.37. The van der Waals surface area contributed by atoms with Crippen LogP contribution in [-0.4, -0.2) is 21.8 Å². The average Bonchev–Trinajstić information content (AvgIpc) is 3.20. The highest BCUT2D eigenvalue weighted by molar-refractivity contribution is 7.14. The van der Waals surface area contributed by atoms with Gasteiger partial charge in [0.2, 0.25) is 5.91 Å². The summed E-state index contributed by atoms with van der Waals surface area (Å²) < 4.78 is 0. The van der Waals surface area contributed by atoms with Crippen molar-refractivity contribution in [3.8, 4) is 0 Å². The molecule has 0 aliphatic heterocycles. The predicted octanol–water partition coefficient (Wildman–Crippen LogP) is 3.08. The lowest BCUT2D eigenvalue weighted by Crippen LogP contribution is -2.14. The molecule has 0 bridgehead atoms. The Labute approximate surface area is 126 Å². The van der Waals surface area contributed by atoms with Crippen LogP contribution in [0, 0.1) is 5.92 Å². The van der Waals surface area contributed by atoms with Gasteiger partial charge >= 0.3 is 0 Å². The molecule has 2 aromatic rings.